The van der Waals surface area contributed by atoms with Crippen molar-refractivity contribution >= 4 is 38.7 Å². The SMILES string of the molecule is C/C(=N/NC(=O)CN(c1ccc(C)cc1C)S(C)(=O)=O)c1cccs1. The molecule has 0 spiro atoms. The summed E-state index contributed by atoms with van der Waals surface area (Å²) in [5, 5.41) is 5.96. The number of nitrogens with one attached hydrogen (secondary N) is 1. The highest BCUT2D eigenvalue weighted by Crippen LogP contribution is 2.23. The molecule has 8 heteroatoms. The van der Waals surface area contributed by atoms with Crippen LogP contribution in [0.2, 0.25) is 0 Å². The average Bonchev–Trinajstić information content (AvgIpc) is 3.04. The molecule has 0 saturated heterocycles. The van der Waals surface area contributed by atoms with Gasteiger partial charge in [-0.05, 0) is 43.8 Å². The van der Waals surface area contributed by atoms with E-state index >= 15 is 0 Å². The van der Waals surface area contributed by atoms with Crippen LogP contribution in [-0.2, 0) is 14.8 Å². The number of benzene rings is 1. The third-order valence-corrected chi connectivity index (χ3v) is 5.64. The molecule has 2 aromatic rings. The van der Waals surface area contributed by atoms with E-state index in [1.165, 1.54) is 11.3 Å². The maximum absolute atomic E-state index is 12.2. The number of hydrogen-bond donors (Lipinski definition) is 1. The number of anilines is 1. The van der Waals surface area contributed by atoms with Gasteiger partial charge in [0.15, 0.2) is 0 Å². The Morgan fingerprint density at radius 1 is 1.28 bits per heavy atom. The number of hydrazone groups is 1. The van der Waals surface area contributed by atoms with Crippen LogP contribution in [0.5, 0.6) is 0 Å². The molecule has 134 valence electrons. The van der Waals surface area contributed by atoms with Gasteiger partial charge in [0.1, 0.15) is 6.54 Å². The number of amides is 1. The summed E-state index contributed by atoms with van der Waals surface area (Å²) in [7, 11) is -3.60. The van der Waals surface area contributed by atoms with Crippen LogP contribution in [-0.4, -0.2) is 32.8 Å². The molecule has 0 aliphatic heterocycles. The Kier molecular flexibility index (Phi) is 5.97. The van der Waals surface area contributed by atoms with Crippen LogP contribution in [0.1, 0.15) is 22.9 Å². The number of carbonyl (C=O) groups excluding carboxylic acids is 1. The van der Waals surface area contributed by atoms with Gasteiger partial charge in [0, 0.05) is 4.88 Å². The normalized spacial score (nSPS) is 12.1. The van der Waals surface area contributed by atoms with Gasteiger partial charge < -0.3 is 0 Å². The summed E-state index contributed by atoms with van der Waals surface area (Å²) in [6, 6.07) is 9.20. The first kappa shape index (κ1) is 19.1. The lowest BCUT2D eigenvalue weighted by molar-refractivity contribution is -0.119. The summed E-state index contributed by atoms with van der Waals surface area (Å²) in [5.74, 6) is -0.499. The van der Waals surface area contributed by atoms with Crippen LogP contribution in [0.3, 0.4) is 0 Å². The lowest BCUT2D eigenvalue weighted by atomic mass is 10.1. The minimum absolute atomic E-state index is 0.329. The van der Waals surface area contributed by atoms with Gasteiger partial charge in [0.25, 0.3) is 5.91 Å². The van der Waals surface area contributed by atoms with Gasteiger partial charge in [0.05, 0.1) is 17.7 Å². The molecule has 0 fully saturated rings. The third-order valence-electron chi connectivity index (χ3n) is 3.53. The number of hydrogen-bond acceptors (Lipinski definition) is 5. The van der Waals surface area contributed by atoms with E-state index < -0.39 is 15.9 Å². The summed E-state index contributed by atoms with van der Waals surface area (Å²) in [4.78, 5) is 13.1. The van der Waals surface area contributed by atoms with Gasteiger partial charge in [-0.25, -0.2) is 13.8 Å². The van der Waals surface area contributed by atoms with E-state index in [2.05, 4.69) is 10.5 Å². The van der Waals surface area contributed by atoms with Crippen molar-refractivity contribution in [3.63, 3.8) is 0 Å². The lowest BCUT2D eigenvalue weighted by Crippen LogP contribution is -2.39. The van der Waals surface area contributed by atoms with Gasteiger partial charge in [-0.1, -0.05) is 23.8 Å². The van der Waals surface area contributed by atoms with E-state index in [4.69, 9.17) is 0 Å². The van der Waals surface area contributed by atoms with Crippen molar-refractivity contribution in [1.82, 2.24) is 5.43 Å². The molecule has 0 aliphatic carbocycles. The van der Waals surface area contributed by atoms with Crippen molar-refractivity contribution in [2.24, 2.45) is 5.10 Å². The second-order valence-corrected chi connectivity index (χ2v) is 8.62. The van der Waals surface area contributed by atoms with Gasteiger partial charge >= 0.3 is 0 Å². The Morgan fingerprint density at radius 3 is 2.56 bits per heavy atom. The summed E-state index contributed by atoms with van der Waals surface area (Å²) < 4.78 is 25.4. The van der Waals surface area contributed by atoms with Gasteiger partial charge in [0.2, 0.25) is 10.0 Å². The van der Waals surface area contributed by atoms with E-state index in [-0.39, 0.29) is 6.54 Å². The van der Waals surface area contributed by atoms with E-state index in [0.29, 0.717) is 11.4 Å². The van der Waals surface area contributed by atoms with Crippen molar-refractivity contribution in [1.29, 1.82) is 0 Å². The molecule has 0 unspecified atom stereocenters. The Balaban J connectivity index is 2.18. The summed E-state index contributed by atoms with van der Waals surface area (Å²) in [6.45, 7) is 5.20. The quantitative estimate of drug-likeness (QED) is 0.619. The second kappa shape index (κ2) is 7.79. The minimum Gasteiger partial charge on any atom is -0.271 e. The van der Waals surface area contributed by atoms with Crippen molar-refractivity contribution in [3.05, 3.63) is 51.7 Å². The zero-order valence-corrected chi connectivity index (χ0v) is 16.2. The molecule has 1 N–H and O–H groups in total. The number of aryl methyl sites for hydroxylation is 2. The summed E-state index contributed by atoms with van der Waals surface area (Å²) >= 11 is 1.51. The Morgan fingerprint density at radius 2 is 2.00 bits per heavy atom. The molecule has 1 aromatic carbocycles. The molecule has 0 atom stereocenters. The Labute approximate surface area is 152 Å². The zero-order valence-electron chi connectivity index (χ0n) is 14.6. The minimum atomic E-state index is -3.60. The fourth-order valence-electron chi connectivity index (χ4n) is 2.32. The van der Waals surface area contributed by atoms with Crippen molar-refractivity contribution in [2.45, 2.75) is 20.8 Å². The highest BCUT2D eigenvalue weighted by atomic mass is 32.2. The summed E-state index contributed by atoms with van der Waals surface area (Å²) in [6.07, 6.45) is 1.08. The summed E-state index contributed by atoms with van der Waals surface area (Å²) in [5.41, 5.74) is 5.39. The molecule has 0 aliphatic rings. The number of nitrogens with zero attached hydrogens (tertiary/aromatic N) is 2. The molecule has 1 heterocycles. The second-order valence-electron chi connectivity index (χ2n) is 5.77. The van der Waals surface area contributed by atoms with Gasteiger partial charge in [-0.3, -0.25) is 9.10 Å². The number of sulfonamides is 1. The molecule has 0 radical (unpaired) electrons. The van der Waals surface area contributed by atoms with E-state index in [1.54, 1.807) is 13.0 Å². The molecule has 0 bridgehead atoms. The molecular weight excluding hydrogens is 358 g/mol. The zero-order chi connectivity index (χ0) is 18.6. The van der Waals surface area contributed by atoms with Crippen LogP contribution in [0.4, 0.5) is 5.69 Å². The molecule has 2 rings (SSSR count). The van der Waals surface area contributed by atoms with Crippen LogP contribution in [0.25, 0.3) is 0 Å². The molecule has 6 nitrogen and oxygen atoms in total. The predicted molar refractivity (Wildman–Crippen MR) is 103 cm³/mol. The molecule has 0 saturated carbocycles. The number of rotatable bonds is 6. The van der Waals surface area contributed by atoms with Gasteiger partial charge in [-0.2, -0.15) is 5.10 Å². The highest BCUT2D eigenvalue weighted by Gasteiger charge is 2.22. The van der Waals surface area contributed by atoms with Crippen LogP contribution >= 0.6 is 11.3 Å². The topological polar surface area (TPSA) is 78.8 Å². The van der Waals surface area contributed by atoms with E-state index in [9.17, 15) is 13.2 Å². The molecule has 1 amide bonds. The van der Waals surface area contributed by atoms with E-state index in [0.717, 1.165) is 26.6 Å². The van der Waals surface area contributed by atoms with Crippen molar-refractivity contribution in [2.75, 3.05) is 17.1 Å². The average molecular weight is 380 g/mol. The van der Waals surface area contributed by atoms with Gasteiger partial charge in [-0.15, -0.1) is 11.3 Å². The highest BCUT2D eigenvalue weighted by molar-refractivity contribution is 7.92. The molecular formula is C17H21N3O3S2. The first-order chi connectivity index (χ1) is 11.7. The first-order valence-electron chi connectivity index (χ1n) is 7.60. The fourth-order valence-corrected chi connectivity index (χ4v) is 3.91. The molecule has 1 aromatic heterocycles. The van der Waals surface area contributed by atoms with Crippen LogP contribution < -0.4 is 9.73 Å². The predicted octanol–water partition coefficient (Wildman–Crippen LogP) is 2.67. The fraction of sp³-hybridized carbons (Fsp3) is 0.294. The van der Waals surface area contributed by atoms with Crippen LogP contribution in [0, 0.1) is 13.8 Å². The lowest BCUT2D eigenvalue weighted by Gasteiger charge is -2.23. The largest absolute Gasteiger partial charge is 0.271 e. The Bertz CT molecular complexity index is 888. The van der Waals surface area contributed by atoms with Crippen molar-refractivity contribution < 1.29 is 13.2 Å². The monoisotopic (exact) mass is 379 g/mol. The molecule has 25 heavy (non-hydrogen) atoms. The van der Waals surface area contributed by atoms with Crippen LogP contribution in [0.15, 0.2) is 40.8 Å². The number of thiophene rings is 1. The maximum Gasteiger partial charge on any atom is 0.260 e. The maximum atomic E-state index is 12.2. The smallest absolute Gasteiger partial charge is 0.260 e. The van der Waals surface area contributed by atoms with Crippen molar-refractivity contribution in [3.8, 4) is 0 Å². The Hall–Kier alpha value is -2.19. The number of carbonyl (C=O) groups is 1. The third kappa shape index (κ3) is 5.14. The first-order valence-corrected chi connectivity index (χ1v) is 10.3. The standard InChI is InChI=1S/C17H21N3O3S2/c1-12-7-8-15(13(2)10-12)20(25(4,22)23)11-17(21)19-18-14(3)16-6-5-9-24-16/h5-10H,11H2,1-4H3,(H,19,21)/b18-14-. The van der Waals surface area contributed by atoms with E-state index in [1.807, 2.05) is 43.5 Å².